The molecule has 0 bridgehead atoms. The summed E-state index contributed by atoms with van der Waals surface area (Å²) in [6, 6.07) is 7.55. The van der Waals surface area contributed by atoms with Gasteiger partial charge in [-0.2, -0.15) is 0 Å². The number of benzene rings is 1. The van der Waals surface area contributed by atoms with E-state index in [9.17, 15) is 9.18 Å². The summed E-state index contributed by atoms with van der Waals surface area (Å²) in [6.07, 6.45) is 2.55. The van der Waals surface area contributed by atoms with Crippen molar-refractivity contribution >= 4 is 23.4 Å². The number of aryl methyl sites for hydroxylation is 1. The summed E-state index contributed by atoms with van der Waals surface area (Å²) in [7, 11) is 4.06. The van der Waals surface area contributed by atoms with Crippen LogP contribution in [0.1, 0.15) is 12.2 Å². The molecular weight excluding hydrogens is 393 g/mol. The summed E-state index contributed by atoms with van der Waals surface area (Å²) in [5.41, 5.74) is 1.45. The average Bonchev–Trinajstić information content (AvgIpc) is 3.27. The second kappa shape index (κ2) is 9.71. The Labute approximate surface area is 173 Å². The number of rotatable bonds is 9. The summed E-state index contributed by atoms with van der Waals surface area (Å²) in [5.74, 6) is 1.15. The first-order valence-electron chi connectivity index (χ1n) is 9.24. The van der Waals surface area contributed by atoms with Gasteiger partial charge in [-0.15, -0.1) is 10.2 Å². The van der Waals surface area contributed by atoms with Gasteiger partial charge in [-0.05, 0) is 64.3 Å². The third kappa shape index (κ3) is 5.68. The molecule has 0 aliphatic heterocycles. The molecule has 3 rings (SSSR count). The van der Waals surface area contributed by atoms with Crippen molar-refractivity contribution < 1.29 is 13.6 Å². The first kappa shape index (κ1) is 21.1. The van der Waals surface area contributed by atoms with Gasteiger partial charge in [0.15, 0.2) is 11.0 Å². The lowest BCUT2D eigenvalue weighted by Crippen LogP contribution is -2.16. The Morgan fingerprint density at radius 3 is 2.66 bits per heavy atom. The second-order valence-corrected chi connectivity index (χ2v) is 7.79. The van der Waals surface area contributed by atoms with Crippen molar-refractivity contribution in [1.29, 1.82) is 0 Å². The molecule has 1 amide bonds. The van der Waals surface area contributed by atoms with Crippen LogP contribution in [0.2, 0.25) is 0 Å². The normalized spacial score (nSPS) is 11.2. The lowest BCUT2D eigenvalue weighted by Gasteiger charge is -2.12. The molecule has 7 nitrogen and oxygen atoms in total. The van der Waals surface area contributed by atoms with E-state index in [0.717, 1.165) is 36.7 Å². The fraction of sp³-hybridized carbons (Fsp3) is 0.350. The van der Waals surface area contributed by atoms with E-state index in [-0.39, 0.29) is 17.5 Å². The topological polar surface area (TPSA) is 76.2 Å². The fourth-order valence-corrected chi connectivity index (χ4v) is 3.58. The zero-order valence-electron chi connectivity index (χ0n) is 16.7. The van der Waals surface area contributed by atoms with Crippen molar-refractivity contribution in [3.8, 4) is 11.4 Å². The van der Waals surface area contributed by atoms with Crippen LogP contribution in [-0.4, -0.2) is 52.0 Å². The molecule has 0 radical (unpaired) electrons. The lowest BCUT2D eigenvalue weighted by atomic mass is 10.2. The molecule has 1 N–H and O–H groups in total. The number of carbonyl (C=O) groups is 1. The number of amides is 1. The maximum absolute atomic E-state index is 13.0. The monoisotopic (exact) mass is 417 g/mol. The van der Waals surface area contributed by atoms with Crippen molar-refractivity contribution in [1.82, 2.24) is 19.7 Å². The molecule has 0 saturated carbocycles. The number of carbonyl (C=O) groups excluding carboxylic acids is 1. The van der Waals surface area contributed by atoms with E-state index in [4.69, 9.17) is 4.42 Å². The standard InChI is InChI=1S/C20H24FN5O2S/c1-14-17(9-12-28-14)19-23-24-20(26(19)11-4-10-25(2)3)29-13-18(27)22-16-7-5-15(21)6-8-16/h5-9,12H,4,10-11,13H2,1-3H3,(H,22,27). The number of nitrogens with zero attached hydrogens (tertiary/aromatic N) is 4. The van der Waals surface area contributed by atoms with Crippen LogP contribution >= 0.6 is 11.8 Å². The number of thioether (sulfide) groups is 1. The van der Waals surface area contributed by atoms with E-state index in [1.807, 2.05) is 31.7 Å². The highest BCUT2D eigenvalue weighted by molar-refractivity contribution is 7.99. The van der Waals surface area contributed by atoms with Crippen LogP contribution in [-0.2, 0) is 11.3 Å². The van der Waals surface area contributed by atoms with Gasteiger partial charge in [0.05, 0.1) is 17.6 Å². The van der Waals surface area contributed by atoms with E-state index >= 15 is 0 Å². The van der Waals surface area contributed by atoms with Crippen molar-refractivity contribution in [3.05, 3.63) is 48.2 Å². The predicted molar refractivity (Wildman–Crippen MR) is 111 cm³/mol. The van der Waals surface area contributed by atoms with Gasteiger partial charge >= 0.3 is 0 Å². The number of hydrogen-bond donors (Lipinski definition) is 1. The Morgan fingerprint density at radius 1 is 1.24 bits per heavy atom. The summed E-state index contributed by atoms with van der Waals surface area (Å²) < 4.78 is 20.4. The summed E-state index contributed by atoms with van der Waals surface area (Å²) in [4.78, 5) is 14.4. The van der Waals surface area contributed by atoms with Gasteiger partial charge in [0.25, 0.3) is 0 Å². The molecule has 0 atom stereocenters. The molecule has 1 aromatic carbocycles. The first-order valence-corrected chi connectivity index (χ1v) is 10.2. The lowest BCUT2D eigenvalue weighted by molar-refractivity contribution is -0.113. The summed E-state index contributed by atoms with van der Waals surface area (Å²) in [6.45, 7) is 3.54. The van der Waals surface area contributed by atoms with Gasteiger partial charge in [0, 0.05) is 12.2 Å². The van der Waals surface area contributed by atoms with Gasteiger partial charge in [-0.3, -0.25) is 4.79 Å². The minimum Gasteiger partial charge on any atom is -0.469 e. The quantitative estimate of drug-likeness (QED) is 0.536. The largest absolute Gasteiger partial charge is 0.469 e. The van der Waals surface area contributed by atoms with Gasteiger partial charge in [0.2, 0.25) is 5.91 Å². The Morgan fingerprint density at radius 2 is 2.00 bits per heavy atom. The van der Waals surface area contributed by atoms with E-state index in [1.54, 1.807) is 6.26 Å². The third-order valence-corrected chi connectivity index (χ3v) is 5.23. The highest BCUT2D eigenvalue weighted by Crippen LogP contribution is 2.27. The molecule has 0 unspecified atom stereocenters. The zero-order chi connectivity index (χ0) is 20.8. The maximum atomic E-state index is 13.0. The second-order valence-electron chi connectivity index (χ2n) is 6.85. The predicted octanol–water partition coefficient (Wildman–Crippen LogP) is 3.67. The van der Waals surface area contributed by atoms with Crippen molar-refractivity contribution in [2.24, 2.45) is 0 Å². The van der Waals surface area contributed by atoms with Crippen LogP contribution in [0.4, 0.5) is 10.1 Å². The SMILES string of the molecule is Cc1occc1-c1nnc(SCC(=O)Nc2ccc(F)cc2)n1CCCN(C)C. The van der Waals surface area contributed by atoms with Crippen LogP contribution in [0.15, 0.2) is 46.2 Å². The first-order chi connectivity index (χ1) is 13.9. The van der Waals surface area contributed by atoms with Crippen molar-refractivity contribution in [2.75, 3.05) is 31.7 Å². The number of furan rings is 1. The summed E-state index contributed by atoms with van der Waals surface area (Å²) >= 11 is 1.32. The van der Waals surface area contributed by atoms with Crippen LogP contribution in [0.5, 0.6) is 0 Å². The van der Waals surface area contributed by atoms with Gasteiger partial charge in [-0.1, -0.05) is 11.8 Å². The zero-order valence-corrected chi connectivity index (χ0v) is 17.5. The van der Waals surface area contributed by atoms with E-state index in [1.165, 1.54) is 36.0 Å². The Hall–Kier alpha value is -2.65. The van der Waals surface area contributed by atoms with Crippen LogP contribution in [0, 0.1) is 12.7 Å². The molecule has 0 aliphatic rings. The number of aromatic nitrogens is 3. The Balaban J connectivity index is 1.70. The smallest absolute Gasteiger partial charge is 0.234 e. The molecule has 2 aromatic heterocycles. The molecule has 0 aliphatic carbocycles. The summed E-state index contributed by atoms with van der Waals surface area (Å²) in [5, 5.41) is 12.1. The highest BCUT2D eigenvalue weighted by Gasteiger charge is 2.18. The van der Waals surface area contributed by atoms with Gasteiger partial charge in [-0.25, -0.2) is 4.39 Å². The molecule has 9 heteroatoms. The molecule has 2 heterocycles. The maximum Gasteiger partial charge on any atom is 0.234 e. The Bertz CT molecular complexity index is 952. The molecule has 0 saturated heterocycles. The van der Waals surface area contributed by atoms with Gasteiger partial charge in [0.1, 0.15) is 11.6 Å². The minimum atomic E-state index is -0.342. The number of anilines is 1. The van der Waals surface area contributed by atoms with E-state index in [2.05, 4.69) is 20.4 Å². The van der Waals surface area contributed by atoms with Crippen LogP contribution < -0.4 is 5.32 Å². The molecule has 0 spiro atoms. The van der Waals surface area contributed by atoms with Crippen molar-refractivity contribution in [2.45, 2.75) is 25.0 Å². The minimum absolute atomic E-state index is 0.174. The highest BCUT2D eigenvalue weighted by atomic mass is 32.2. The number of hydrogen-bond acceptors (Lipinski definition) is 6. The molecule has 29 heavy (non-hydrogen) atoms. The molecule has 3 aromatic rings. The Kier molecular flexibility index (Phi) is 7.05. The average molecular weight is 418 g/mol. The molecule has 0 fully saturated rings. The van der Waals surface area contributed by atoms with Crippen LogP contribution in [0.25, 0.3) is 11.4 Å². The fourth-order valence-electron chi connectivity index (χ4n) is 2.82. The van der Waals surface area contributed by atoms with Gasteiger partial charge < -0.3 is 19.2 Å². The number of nitrogens with one attached hydrogen (secondary N) is 1. The molecule has 154 valence electrons. The molecular formula is C20H24FN5O2S. The third-order valence-electron chi connectivity index (χ3n) is 4.26. The van der Waals surface area contributed by atoms with Crippen LogP contribution in [0.3, 0.4) is 0 Å². The number of halogens is 1. The van der Waals surface area contributed by atoms with E-state index in [0.29, 0.717) is 10.8 Å². The van der Waals surface area contributed by atoms with Crippen molar-refractivity contribution in [3.63, 3.8) is 0 Å². The van der Waals surface area contributed by atoms with E-state index < -0.39 is 0 Å².